The standard InChI is InChI=1S/C21H37N3O/c1-16-7-4-5-11-23(16)14-17-8-6-12-24(15-17)21(25)20-13-18-9-2-3-10-19(18)22-20/h16-20,22H,2-15H2,1H3. The third-order valence-electron chi connectivity index (χ3n) is 7.42. The van der Waals surface area contributed by atoms with Crippen molar-refractivity contribution in [3.63, 3.8) is 0 Å². The van der Waals surface area contributed by atoms with Gasteiger partial charge in [-0.25, -0.2) is 0 Å². The molecule has 0 aromatic carbocycles. The minimum Gasteiger partial charge on any atom is -0.341 e. The van der Waals surface area contributed by atoms with Crippen LogP contribution in [0.5, 0.6) is 0 Å². The molecule has 1 N–H and O–H groups in total. The van der Waals surface area contributed by atoms with Crippen LogP contribution in [0.3, 0.4) is 0 Å². The Hall–Kier alpha value is -0.610. The van der Waals surface area contributed by atoms with Gasteiger partial charge in [0.2, 0.25) is 5.91 Å². The molecule has 4 aliphatic rings. The van der Waals surface area contributed by atoms with Crippen molar-refractivity contribution in [2.45, 2.75) is 89.3 Å². The summed E-state index contributed by atoms with van der Waals surface area (Å²) in [6.45, 7) is 6.83. The zero-order valence-electron chi connectivity index (χ0n) is 16.1. The van der Waals surface area contributed by atoms with Crippen molar-refractivity contribution in [3.05, 3.63) is 0 Å². The molecule has 4 heteroatoms. The Bertz CT molecular complexity index is 454. The number of nitrogens with zero attached hydrogens (tertiary/aromatic N) is 2. The van der Waals surface area contributed by atoms with Gasteiger partial charge >= 0.3 is 0 Å². The number of nitrogens with one attached hydrogen (secondary N) is 1. The molecule has 3 heterocycles. The molecule has 0 spiro atoms. The van der Waals surface area contributed by atoms with Gasteiger partial charge in [-0.3, -0.25) is 4.79 Å². The Balaban J connectivity index is 1.30. The first-order chi connectivity index (χ1) is 12.2. The number of fused-ring (bicyclic) bond motifs is 1. The number of hydrogen-bond acceptors (Lipinski definition) is 3. The van der Waals surface area contributed by atoms with Crippen LogP contribution in [0.4, 0.5) is 0 Å². The maximum absolute atomic E-state index is 13.1. The molecule has 3 aliphatic heterocycles. The van der Waals surface area contributed by atoms with Crippen LogP contribution < -0.4 is 5.32 Å². The number of likely N-dealkylation sites (tertiary alicyclic amines) is 2. The van der Waals surface area contributed by atoms with E-state index < -0.39 is 0 Å². The lowest BCUT2D eigenvalue weighted by atomic mass is 9.85. The van der Waals surface area contributed by atoms with E-state index >= 15 is 0 Å². The largest absolute Gasteiger partial charge is 0.341 e. The van der Waals surface area contributed by atoms with Crippen LogP contribution in [-0.2, 0) is 4.79 Å². The third kappa shape index (κ3) is 4.05. The zero-order valence-corrected chi connectivity index (χ0v) is 16.1. The Morgan fingerprint density at radius 2 is 1.84 bits per heavy atom. The van der Waals surface area contributed by atoms with Gasteiger partial charge in [0.25, 0.3) is 0 Å². The van der Waals surface area contributed by atoms with E-state index in [0.29, 0.717) is 17.9 Å². The molecule has 5 unspecified atom stereocenters. The molecule has 1 saturated carbocycles. The van der Waals surface area contributed by atoms with Crippen LogP contribution >= 0.6 is 0 Å². The van der Waals surface area contributed by atoms with Gasteiger partial charge < -0.3 is 15.1 Å². The monoisotopic (exact) mass is 347 g/mol. The first kappa shape index (κ1) is 17.8. The van der Waals surface area contributed by atoms with Gasteiger partial charge in [-0.05, 0) is 70.3 Å². The molecule has 1 aliphatic carbocycles. The molecular weight excluding hydrogens is 310 g/mol. The minimum atomic E-state index is 0.112. The highest BCUT2D eigenvalue weighted by molar-refractivity contribution is 5.82. The number of carbonyl (C=O) groups is 1. The topological polar surface area (TPSA) is 35.6 Å². The summed E-state index contributed by atoms with van der Waals surface area (Å²) in [5.74, 6) is 1.85. The molecule has 0 aromatic rings. The Morgan fingerprint density at radius 3 is 2.68 bits per heavy atom. The molecule has 25 heavy (non-hydrogen) atoms. The lowest BCUT2D eigenvalue weighted by Crippen LogP contribution is -2.51. The van der Waals surface area contributed by atoms with E-state index in [1.54, 1.807) is 0 Å². The summed E-state index contributed by atoms with van der Waals surface area (Å²) in [7, 11) is 0. The van der Waals surface area contributed by atoms with E-state index in [4.69, 9.17) is 0 Å². The molecule has 4 rings (SSSR count). The van der Waals surface area contributed by atoms with Crippen LogP contribution in [-0.4, -0.2) is 60.0 Å². The van der Waals surface area contributed by atoms with E-state index in [1.165, 1.54) is 70.9 Å². The van der Waals surface area contributed by atoms with Crippen molar-refractivity contribution in [1.29, 1.82) is 0 Å². The predicted octanol–water partition coefficient (Wildman–Crippen LogP) is 3.02. The summed E-state index contributed by atoms with van der Waals surface area (Å²) in [5, 5.41) is 3.69. The summed E-state index contributed by atoms with van der Waals surface area (Å²) >= 11 is 0. The van der Waals surface area contributed by atoms with Gasteiger partial charge in [-0.15, -0.1) is 0 Å². The second-order valence-corrected chi connectivity index (χ2v) is 9.24. The summed E-state index contributed by atoms with van der Waals surface area (Å²) in [6, 6.07) is 1.47. The van der Waals surface area contributed by atoms with Crippen molar-refractivity contribution < 1.29 is 4.79 Å². The maximum atomic E-state index is 13.1. The second kappa shape index (κ2) is 7.96. The van der Waals surface area contributed by atoms with Crippen LogP contribution in [0, 0.1) is 11.8 Å². The molecule has 5 atom stereocenters. The highest BCUT2D eigenvalue weighted by Crippen LogP contribution is 2.34. The molecule has 0 bridgehead atoms. The number of carbonyl (C=O) groups excluding carboxylic acids is 1. The van der Waals surface area contributed by atoms with Gasteiger partial charge in [-0.2, -0.15) is 0 Å². The van der Waals surface area contributed by atoms with E-state index in [2.05, 4.69) is 22.0 Å². The van der Waals surface area contributed by atoms with Gasteiger partial charge in [-0.1, -0.05) is 19.3 Å². The lowest BCUT2D eigenvalue weighted by Gasteiger charge is -2.40. The predicted molar refractivity (Wildman–Crippen MR) is 101 cm³/mol. The third-order valence-corrected chi connectivity index (χ3v) is 7.42. The molecule has 0 aromatic heterocycles. The van der Waals surface area contributed by atoms with Gasteiger partial charge in [0, 0.05) is 31.7 Å². The first-order valence-corrected chi connectivity index (χ1v) is 11.0. The second-order valence-electron chi connectivity index (χ2n) is 9.24. The van der Waals surface area contributed by atoms with Gasteiger partial charge in [0.15, 0.2) is 0 Å². The summed E-state index contributed by atoms with van der Waals surface area (Å²) < 4.78 is 0. The zero-order chi connectivity index (χ0) is 17.2. The quantitative estimate of drug-likeness (QED) is 0.852. The number of rotatable bonds is 3. The van der Waals surface area contributed by atoms with Crippen molar-refractivity contribution in [1.82, 2.24) is 15.1 Å². The first-order valence-electron chi connectivity index (χ1n) is 11.0. The fourth-order valence-electron chi connectivity index (χ4n) is 5.91. The van der Waals surface area contributed by atoms with Crippen molar-refractivity contribution in [2.75, 3.05) is 26.2 Å². The van der Waals surface area contributed by atoms with Crippen LogP contribution in [0.2, 0.25) is 0 Å². The molecule has 142 valence electrons. The summed E-state index contributed by atoms with van der Waals surface area (Å²) in [6.07, 6.45) is 13.0. The van der Waals surface area contributed by atoms with Crippen LogP contribution in [0.15, 0.2) is 0 Å². The SMILES string of the molecule is CC1CCCCN1CC1CCCN(C(=O)C2CC3CCCCC3N2)C1. The molecule has 1 amide bonds. The van der Waals surface area contributed by atoms with E-state index in [1.807, 2.05) is 0 Å². The van der Waals surface area contributed by atoms with E-state index in [9.17, 15) is 4.79 Å². The Morgan fingerprint density at radius 1 is 1.00 bits per heavy atom. The average molecular weight is 348 g/mol. The molecule has 0 radical (unpaired) electrons. The Kier molecular flexibility index (Phi) is 5.66. The Labute approximate surface area is 153 Å². The number of hydrogen-bond donors (Lipinski definition) is 1. The molecule has 3 saturated heterocycles. The van der Waals surface area contributed by atoms with Crippen molar-refractivity contribution in [2.24, 2.45) is 11.8 Å². The average Bonchev–Trinajstić information content (AvgIpc) is 3.07. The molecule has 4 nitrogen and oxygen atoms in total. The van der Waals surface area contributed by atoms with Crippen LogP contribution in [0.1, 0.15) is 71.1 Å². The normalized spacial score (nSPS) is 40.0. The maximum Gasteiger partial charge on any atom is 0.239 e. The van der Waals surface area contributed by atoms with Crippen molar-refractivity contribution >= 4 is 5.91 Å². The number of amides is 1. The minimum absolute atomic E-state index is 0.112. The fraction of sp³-hybridized carbons (Fsp3) is 0.952. The molecule has 4 fully saturated rings. The summed E-state index contributed by atoms with van der Waals surface area (Å²) in [5.41, 5.74) is 0. The lowest BCUT2D eigenvalue weighted by molar-refractivity contribution is -0.135. The van der Waals surface area contributed by atoms with Gasteiger partial charge in [0.1, 0.15) is 0 Å². The smallest absolute Gasteiger partial charge is 0.239 e. The molecular formula is C21H37N3O. The van der Waals surface area contributed by atoms with Crippen molar-refractivity contribution in [3.8, 4) is 0 Å². The van der Waals surface area contributed by atoms with E-state index in [-0.39, 0.29) is 6.04 Å². The van der Waals surface area contributed by atoms with E-state index in [0.717, 1.165) is 31.5 Å². The van der Waals surface area contributed by atoms with Gasteiger partial charge in [0.05, 0.1) is 6.04 Å². The van der Waals surface area contributed by atoms with Crippen LogP contribution in [0.25, 0.3) is 0 Å². The number of piperidine rings is 2. The highest BCUT2D eigenvalue weighted by Gasteiger charge is 2.40. The summed E-state index contributed by atoms with van der Waals surface area (Å²) in [4.78, 5) is 18.0. The fourth-order valence-corrected chi connectivity index (χ4v) is 5.91. The highest BCUT2D eigenvalue weighted by atomic mass is 16.2.